The van der Waals surface area contributed by atoms with Crippen molar-refractivity contribution in [1.82, 2.24) is 10.0 Å². The minimum absolute atomic E-state index is 0. The molecule has 18 heavy (non-hydrogen) atoms. The van der Waals surface area contributed by atoms with Crippen LogP contribution in [0.25, 0.3) is 0 Å². The van der Waals surface area contributed by atoms with E-state index in [2.05, 4.69) is 10.0 Å². The van der Waals surface area contributed by atoms with Crippen LogP contribution in [0.2, 0.25) is 0 Å². The van der Waals surface area contributed by atoms with Gasteiger partial charge >= 0.3 is 0 Å². The maximum absolute atomic E-state index is 11.7. The van der Waals surface area contributed by atoms with Gasteiger partial charge in [-0.1, -0.05) is 0 Å². The number of sulfonamides is 1. The molecule has 1 aliphatic rings. The smallest absolute Gasteiger partial charge is 0.214 e. The fraction of sp³-hybridized carbons (Fsp3) is 1.00. The molecule has 0 saturated carbocycles. The van der Waals surface area contributed by atoms with Crippen LogP contribution in [0, 0.1) is 5.92 Å². The van der Waals surface area contributed by atoms with E-state index in [0.29, 0.717) is 12.5 Å². The Balaban J connectivity index is 0.00000289. The van der Waals surface area contributed by atoms with E-state index in [0.717, 1.165) is 25.9 Å². The standard InChI is InChI=1S/C11H24N2O3S.ClH/c1-3-16-7-8-17(14,15)13-10(2)11-5-4-6-12-9-11;/h10-13H,3-9H2,1-2H3;1H. The summed E-state index contributed by atoms with van der Waals surface area (Å²) in [6, 6.07) is -0.00516. The molecule has 0 aromatic rings. The summed E-state index contributed by atoms with van der Waals surface area (Å²) in [6.07, 6.45) is 2.21. The van der Waals surface area contributed by atoms with Crippen LogP contribution in [0.15, 0.2) is 0 Å². The molecule has 7 heteroatoms. The maximum Gasteiger partial charge on any atom is 0.214 e. The van der Waals surface area contributed by atoms with Gasteiger partial charge in [-0.3, -0.25) is 0 Å². The van der Waals surface area contributed by atoms with E-state index in [1.807, 2.05) is 13.8 Å². The highest BCUT2D eigenvalue weighted by atomic mass is 35.5. The first-order valence-electron chi connectivity index (χ1n) is 6.33. The predicted octanol–water partition coefficient (Wildman–Crippen LogP) is 0.752. The Bertz CT molecular complexity index is 305. The molecule has 1 saturated heterocycles. The van der Waals surface area contributed by atoms with Gasteiger partial charge in [-0.2, -0.15) is 0 Å². The summed E-state index contributed by atoms with van der Waals surface area (Å²) >= 11 is 0. The molecule has 5 nitrogen and oxygen atoms in total. The number of hydrogen-bond donors (Lipinski definition) is 2. The zero-order valence-electron chi connectivity index (χ0n) is 11.1. The van der Waals surface area contributed by atoms with Crippen LogP contribution >= 0.6 is 12.4 Å². The molecule has 0 aromatic heterocycles. The molecule has 0 bridgehead atoms. The van der Waals surface area contributed by atoms with Gasteiger partial charge in [0.05, 0.1) is 12.4 Å². The van der Waals surface area contributed by atoms with Crippen molar-refractivity contribution in [1.29, 1.82) is 0 Å². The minimum atomic E-state index is -3.21. The molecule has 1 heterocycles. The molecular formula is C11H25ClN2O3S. The monoisotopic (exact) mass is 300 g/mol. The van der Waals surface area contributed by atoms with Crippen LogP contribution in [0.5, 0.6) is 0 Å². The van der Waals surface area contributed by atoms with Gasteiger partial charge in [0.25, 0.3) is 0 Å². The van der Waals surface area contributed by atoms with Gasteiger partial charge in [0, 0.05) is 12.6 Å². The number of rotatable bonds is 7. The quantitative estimate of drug-likeness (QED) is 0.681. The van der Waals surface area contributed by atoms with Gasteiger partial charge < -0.3 is 10.1 Å². The van der Waals surface area contributed by atoms with Crippen LogP contribution < -0.4 is 10.0 Å². The second kappa shape index (κ2) is 9.09. The number of ether oxygens (including phenoxy) is 1. The predicted molar refractivity (Wildman–Crippen MR) is 75.7 cm³/mol. The summed E-state index contributed by atoms with van der Waals surface area (Å²) in [4.78, 5) is 0. The Kier molecular flexibility index (Phi) is 9.15. The van der Waals surface area contributed by atoms with Crippen LogP contribution in [0.4, 0.5) is 0 Å². The molecule has 1 aliphatic heterocycles. The first-order valence-corrected chi connectivity index (χ1v) is 7.99. The van der Waals surface area contributed by atoms with Crippen molar-refractivity contribution in [2.75, 3.05) is 32.1 Å². The third kappa shape index (κ3) is 6.89. The van der Waals surface area contributed by atoms with E-state index >= 15 is 0 Å². The van der Waals surface area contributed by atoms with Crippen LogP contribution in [-0.4, -0.2) is 46.5 Å². The fourth-order valence-electron chi connectivity index (χ4n) is 2.06. The Hall–Kier alpha value is 0.120. The van der Waals surface area contributed by atoms with E-state index in [-0.39, 0.29) is 30.8 Å². The second-order valence-electron chi connectivity index (χ2n) is 4.53. The first kappa shape index (κ1) is 18.1. The average Bonchev–Trinajstić information content (AvgIpc) is 2.30. The van der Waals surface area contributed by atoms with Crippen molar-refractivity contribution < 1.29 is 13.2 Å². The molecule has 2 atom stereocenters. The average molecular weight is 301 g/mol. The van der Waals surface area contributed by atoms with Crippen molar-refractivity contribution in [3.63, 3.8) is 0 Å². The Morgan fingerprint density at radius 3 is 2.78 bits per heavy atom. The number of hydrogen-bond acceptors (Lipinski definition) is 4. The van der Waals surface area contributed by atoms with E-state index in [4.69, 9.17) is 4.74 Å². The molecule has 0 aromatic carbocycles. The van der Waals surface area contributed by atoms with Crippen molar-refractivity contribution >= 4 is 22.4 Å². The van der Waals surface area contributed by atoms with Crippen molar-refractivity contribution in [2.45, 2.75) is 32.7 Å². The highest BCUT2D eigenvalue weighted by Gasteiger charge is 2.23. The van der Waals surface area contributed by atoms with Crippen LogP contribution in [-0.2, 0) is 14.8 Å². The highest BCUT2D eigenvalue weighted by molar-refractivity contribution is 7.89. The fourth-order valence-corrected chi connectivity index (χ4v) is 3.27. The summed E-state index contributed by atoms with van der Waals surface area (Å²) < 4.78 is 31.3. The Morgan fingerprint density at radius 1 is 1.50 bits per heavy atom. The van der Waals surface area contributed by atoms with Gasteiger partial charge in [-0.25, -0.2) is 13.1 Å². The lowest BCUT2D eigenvalue weighted by molar-refractivity contribution is 0.163. The second-order valence-corrected chi connectivity index (χ2v) is 6.40. The van der Waals surface area contributed by atoms with E-state index < -0.39 is 10.0 Å². The molecule has 1 rings (SSSR count). The Labute approximate surface area is 117 Å². The summed E-state index contributed by atoms with van der Waals surface area (Å²) in [5.74, 6) is 0.441. The molecule has 2 N–H and O–H groups in total. The van der Waals surface area contributed by atoms with Gasteiger partial charge in [0.15, 0.2) is 0 Å². The molecule has 0 spiro atoms. The number of nitrogens with one attached hydrogen (secondary N) is 2. The lowest BCUT2D eigenvalue weighted by Gasteiger charge is -2.28. The summed E-state index contributed by atoms with van der Waals surface area (Å²) in [7, 11) is -3.21. The van der Waals surface area contributed by atoms with Crippen molar-refractivity contribution in [3.05, 3.63) is 0 Å². The zero-order valence-corrected chi connectivity index (χ0v) is 12.8. The Morgan fingerprint density at radius 2 is 2.22 bits per heavy atom. The minimum Gasteiger partial charge on any atom is -0.381 e. The topological polar surface area (TPSA) is 67.4 Å². The number of halogens is 1. The maximum atomic E-state index is 11.7. The van der Waals surface area contributed by atoms with Crippen LogP contribution in [0.1, 0.15) is 26.7 Å². The third-order valence-corrected chi connectivity index (χ3v) is 4.54. The lowest BCUT2D eigenvalue weighted by Crippen LogP contribution is -2.45. The van der Waals surface area contributed by atoms with E-state index in [9.17, 15) is 8.42 Å². The van der Waals surface area contributed by atoms with Gasteiger partial charge in [-0.15, -0.1) is 12.4 Å². The van der Waals surface area contributed by atoms with Crippen molar-refractivity contribution in [3.8, 4) is 0 Å². The summed E-state index contributed by atoms with van der Waals surface area (Å²) in [5, 5.41) is 3.29. The highest BCUT2D eigenvalue weighted by Crippen LogP contribution is 2.14. The molecule has 1 fully saturated rings. The summed E-state index contributed by atoms with van der Waals surface area (Å²) in [5.41, 5.74) is 0. The van der Waals surface area contributed by atoms with E-state index in [1.165, 1.54) is 0 Å². The normalized spacial score (nSPS) is 22.2. The molecule has 0 aliphatic carbocycles. The summed E-state index contributed by atoms with van der Waals surface area (Å²) in [6.45, 7) is 6.56. The van der Waals surface area contributed by atoms with Crippen LogP contribution in [0.3, 0.4) is 0 Å². The zero-order chi connectivity index (χ0) is 12.7. The molecule has 110 valence electrons. The third-order valence-electron chi connectivity index (χ3n) is 3.11. The van der Waals surface area contributed by atoms with Gasteiger partial charge in [-0.05, 0) is 45.7 Å². The molecular weight excluding hydrogens is 276 g/mol. The van der Waals surface area contributed by atoms with Gasteiger partial charge in [0.1, 0.15) is 0 Å². The molecule has 0 amide bonds. The van der Waals surface area contributed by atoms with Crippen molar-refractivity contribution in [2.24, 2.45) is 5.92 Å². The largest absolute Gasteiger partial charge is 0.381 e. The van der Waals surface area contributed by atoms with Gasteiger partial charge in [0.2, 0.25) is 10.0 Å². The first-order chi connectivity index (χ1) is 8.05. The SMILES string of the molecule is CCOCCS(=O)(=O)NC(C)C1CCCNC1.Cl. The lowest BCUT2D eigenvalue weighted by atomic mass is 9.94. The molecule has 2 unspecified atom stereocenters. The number of piperidine rings is 1. The van der Waals surface area contributed by atoms with E-state index in [1.54, 1.807) is 0 Å². The molecule has 0 radical (unpaired) electrons.